The van der Waals surface area contributed by atoms with Gasteiger partial charge in [0.1, 0.15) is 11.6 Å². The number of hydrogen-bond donors (Lipinski definition) is 2. The molecule has 3 rings (SSSR count). The highest BCUT2D eigenvalue weighted by atomic mass is 35.5. The van der Waals surface area contributed by atoms with Crippen LogP contribution in [0.1, 0.15) is 16.7 Å². The molecule has 9 nitrogen and oxygen atoms in total. The summed E-state index contributed by atoms with van der Waals surface area (Å²) in [7, 11) is 0. The highest BCUT2D eigenvalue weighted by Gasteiger charge is 2.11. The molecule has 1 aromatic carbocycles. The van der Waals surface area contributed by atoms with Crippen LogP contribution in [0.2, 0.25) is 5.28 Å². The third kappa shape index (κ3) is 5.81. The van der Waals surface area contributed by atoms with E-state index < -0.39 is 11.2 Å². The van der Waals surface area contributed by atoms with E-state index in [4.69, 9.17) is 21.6 Å². The Morgan fingerprint density at radius 1 is 1.26 bits per heavy atom. The summed E-state index contributed by atoms with van der Waals surface area (Å²) in [6.07, 6.45) is 4.56. The molecule has 2 heterocycles. The monoisotopic (exact) mass is 438 g/mol. The number of aromatic amines is 1. The van der Waals surface area contributed by atoms with E-state index in [1.165, 1.54) is 22.9 Å². The molecule has 0 bridgehead atoms. The fourth-order valence-electron chi connectivity index (χ4n) is 2.94. The number of allylic oxidation sites excluding steroid dienone is 1. The summed E-state index contributed by atoms with van der Waals surface area (Å²) in [6, 6.07) is 8.66. The maximum absolute atomic E-state index is 11.7. The van der Waals surface area contributed by atoms with Crippen molar-refractivity contribution in [2.24, 2.45) is 0 Å². The van der Waals surface area contributed by atoms with Crippen LogP contribution < -0.4 is 21.3 Å². The summed E-state index contributed by atoms with van der Waals surface area (Å²) >= 11 is 6.04. The number of benzene rings is 1. The maximum atomic E-state index is 11.7. The second kappa shape index (κ2) is 9.73. The zero-order chi connectivity index (χ0) is 22.4. The minimum absolute atomic E-state index is 0.00471. The Kier molecular flexibility index (Phi) is 6.85. The molecule has 0 aliphatic carbocycles. The molecular formula is C21H19ClN6O3. The van der Waals surface area contributed by atoms with Crippen LogP contribution in [0, 0.1) is 25.2 Å². The smallest absolute Gasteiger partial charge is 0.328 e. The minimum Gasteiger partial charge on any atom is -0.438 e. The quantitative estimate of drug-likeness (QED) is 0.429. The van der Waals surface area contributed by atoms with Gasteiger partial charge in [-0.15, -0.1) is 0 Å². The van der Waals surface area contributed by atoms with Crippen molar-refractivity contribution < 1.29 is 4.74 Å². The Balaban J connectivity index is 1.74. The van der Waals surface area contributed by atoms with E-state index in [1.54, 1.807) is 12.1 Å². The predicted octanol–water partition coefficient (Wildman–Crippen LogP) is 3.04. The number of nitrogens with zero attached hydrogens (tertiary/aromatic N) is 4. The second-order valence-corrected chi connectivity index (χ2v) is 6.98. The lowest BCUT2D eigenvalue weighted by atomic mass is 10.1. The minimum atomic E-state index is -0.488. The van der Waals surface area contributed by atoms with Gasteiger partial charge >= 0.3 is 5.69 Å². The summed E-state index contributed by atoms with van der Waals surface area (Å²) in [5.74, 6) is 1.32. The van der Waals surface area contributed by atoms with Crippen molar-refractivity contribution >= 4 is 23.5 Å². The number of nitrogens with one attached hydrogen (secondary N) is 2. The van der Waals surface area contributed by atoms with Crippen LogP contribution >= 0.6 is 11.6 Å². The number of nitriles is 1. The average molecular weight is 439 g/mol. The van der Waals surface area contributed by atoms with Gasteiger partial charge in [-0.05, 0) is 60.3 Å². The normalized spacial score (nSPS) is 10.8. The summed E-state index contributed by atoms with van der Waals surface area (Å²) in [6.45, 7) is 4.46. The van der Waals surface area contributed by atoms with Gasteiger partial charge in [0.15, 0.2) is 0 Å². The molecule has 158 valence electrons. The number of aryl methyl sites for hydroxylation is 2. The van der Waals surface area contributed by atoms with Gasteiger partial charge in [0.25, 0.3) is 5.56 Å². The van der Waals surface area contributed by atoms with E-state index in [0.717, 1.165) is 16.7 Å². The Bertz CT molecular complexity index is 1270. The van der Waals surface area contributed by atoms with Crippen LogP contribution in [0.25, 0.3) is 6.08 Å². The molecule has 0 fully saturated rings. The van der Waals surface area contributed by atoms with E-state index in [-0.39, 0.29) is 11.2 Å². The molecule has 0 saturated heterocycles. The van der Waals surface area contributed by atoms with Crippen LogP contribution in [-0.2, 0) is 6.54 Å². The topological polar surface area (TPSA) is 126 Å². The predicted molar refractivity (Wildman–Crippen MR) is 117 cm³/mol. The molecule has 0 spiro atoms. The zero-order valence-electron chi connectivity index (χ0n) is 16.8. The SMILES string of the molecule is Cc1cc(C=CC#N)cc(C)c1Oc1cc(NCCn2ccc(=O)[nH]c2=O)nc(Cl)n1. The largest absolute Gasteiger partial charge is 0.438 e. The van der Waals surface area contributed by atoms with Gasteiger partial charge in [0.2, 0.25) is 11.2 Å². The summed E-state index contributed by atoms with van der Waals surface area (Å²) in [5, 5.41) is 11.8. The third-order valence-electron chi connectivity index (χ3n) is 4.27. The number of ether oxygens (including phenoxy) is 1. The van der Waals surface area contributed by atoms with Crippen molar-refractivity contribution in [2.45, 2.75) is 20.4 Å². The molecule has 3 aromatic rings. The highest BCUT2D eigenvalue weighted by molar-refractivity contribution is 6.28. The van der Waals surface area contributed by atoms with Gasteiger partial charge in [-0.1, -0.05) is 0 Å². The Morgan fingerprint density at radius 3 is 2.68 bits per heavy atom. The van der Waals surface area contributed by atoms with Crippen molar-refractivity contribution in [1.82, 2.24) is 19.5 Å². The summed E-state index contributed by atoms with van der Waals surface area (Å²) in [5.41, 5.74) is 1.71. The van der Waals surface area contributed by atoms with Crippen molar-refractivity contribution in [3.8, 4) is 17.7 Å². The third-order valence-corrected chi connectivity index (χ3v) is 4.44. The van der Waals surface area contributed by atoms with Crippen LogP contribution in [0.15, 0.2) is 46.1 Å². The molecule has 0 aliphatic heterocycles. The number of rotatable bonds is 7. The van der Waals surface area contributed by atoms with Crippen LogP contribution in [0.4, 0.5) is 5.82 Å². The van der Waals surface area contributed by atoms with Crippen LogP contribution in [0.5, 0.6) is 11.6 Å². The van der Waals surface area contributed by atoms with Gasteiger partial charge in [-0.3, -0.25) is 14.3 Å². The molecule has 0 radical (unpaired) electrons. The fourth-order valence-corrected chi connectivity index (χ4v) is 3.12. The van der Waals surface area contributed by atoms with E-state index >= 15 is 0 Å². The van der Waals surface area contributed by atoms with Crippen molar-refractivity contribution in [1.29, 1.82) is 5.26 Å². The number of anilines is 1. The molecule has 0 unspecified atom stereocenters. The summed E-state index contributed by atoms with van der Waals surface area (Å²) in [4.78, 5) is 33.3. The summed E-state index contributed by atoms with van der Waals surface area (Å²) < 4.78 is 7.32. The van der Waals surface area contributed by atoms with Gasteiger partial charge < -0.3 is 10.1 Å². The lowest BCUT2D eigenvalue weighted by Gasteiger charge is -2.13. The number of aromatic nitrogens is 4. The first-order valence-corrected chi connectivity index (χ1v) is 9.67. The highest BCUT2D eigenvalue weighted by Crippen LogP contribution is 2.30. The molecule has 0 saturated carbocycles. The molecule has 2 aromatic heterocycles. The Hall–Kier alpha value is -3.90. The first kappa shape index (κ1) is 21.8. The zero-order valence-corrected chi connectivity index (χ0v) is 17.6. The fraction of sp³-hybridized carbons (Fsp3) is 0.190. The molecule has 10 heteroatoms. The van der Waals surface area contributed by atoms with E-state index in [2.05, 4.69) is 20.3 Å². The van der Waals surface area contributed by atoms with Crippen molar-refractivity contribution in [3.63, 3.8) is 0 Å². The second-order valence-electron chi connectivity index (χ2n) is 6.64. The van der Waals surface area contributed by atoms with Crippen molar-refractivity contribution in [2.75, 3.05) is 11.9 Å². The maximum Gasteiger partial charge on any atom is 0.328 e. The van der Waals surface area contributed by atoms with Gasteiger partial charge in [-0.25, -0.2) is 9.78 Å². The molecule has 2 N–H and O–H groups in total. The Labute approximate surface area is 182 Å². The molecule has 31 heavy (non-hydrogen) atoms. The van der Waals surface area contributed by atoms with Gasteiger partial charge in [0.05, 0.1) is 6.07 Å². The van der Waals surface area contributed by atoms with Crippen LogP contribution in [0.3, 0.4) is 0 Å². The lowest BCUT2D eigenvalue weighted by molar-refractivity contribution is 0.455. The number of halogens is 1. The molecule has 0 aliphatic rings. The number of hydrogen-bond acceptors (Lipinski definition) is 7. The average Bonchev–Trinajstić information content (AvgIpc) is 2.70. The first-order valence-electron chi connectivity index (χ1n) is 9.29. The van der Waals surface area contributed by atoms with Gasteiger partial charge in [0, 0.05) is 37.5 Å². The van der Waals surface area contributed by atoms with Crippen molar-refractivity contribution in [3.05, 3.63) is 79.4 Å². The van der Waals surface area contributed by atoms with Gasteiger partial charge in [-0.2, -0.15) is 10.2 Å². The first-order chi connectivity index (χ1) is 14.9. The van der Waals surface area contributed by atoms with E-state index in [1.807, 2.05) is 32.0 Å². The van der Waals surface area contributed by atoms with E-state index in [9.17, 15) is 9.59 Å². The van der Waals surface area contributed by atoms with Crippen LogP contribution in [-0.4, -0.2) is 26.1 Å². The molecular weight excluding hydrogens is 420 g/mol. The molecule has 0 amide bonds. The number of H-pyrrole nitrogens is 1. The molecule has 0 atom stereocenters. The standard InChI is InChI=1S/C21H19ClN6O3/c1-13-10-15(4-3-6-23)11-14(2)19(13)31-18-12-16(25-20(22)27-18)24-7-9-28-8-5-17(29)26-21(28)30/h3-5,8,10-12H,7,9H2,1-2H3,(H,24,25,27)(H,26,29,30). The Morgan fingerprint density at radius 2 is 2.00 bits per heavy atom. The lowest BCUT2D eigenvalue weighted by Crippen LogP contribution is -2.30. The van der Waals surface area contributed by atoms with E-state index in [0.29, 0.717) is 24.7 Å².